The Bertz CT molecular complexity index is 2900. The number of rotatable bonds is 0. The molecule has 0 amide bonds. The van der Waals surface area contributed by atoms with Crippen molar-refractivity contribution in [3.8, 4) is 0 Å². The molecule has 5 aromatic heterocycles. The van der Waals surface area contributed by atoms with Crippen molar-refractivity contribution in [2.45, 2.75) is 13.8 Å². The predicted molar refractivity (Wildman–Crippen MR) is 158 cm³/mol. The zero-order chi connectivity index (χ0) is 23.6. The van der Waals surface area contributed by atoms with E-state index in [1.165, 1.54) is 112 Å². The number of hydrogen-bond donors (Lipinski definition) is 0. The van der Waals surface area contributed by atoms with Gasteiger partial charge >= 0.3 is 0 Å². The second-order valence-electron chi connectivity index (χ2n) is 10.7. The average Bonchev–Trinajstić information content (AvgIpc) is 3.72. The van der Waals surface area contributed by atoms with E-state index in [0.29, 0.717) is 0 Å². The van der Waals surface area contributed by atoms with E-state index in [9.17, 15) is 0 Å². The Morgan fingerprint density at radius 2 is 0.973 bits per heavy atom. The Kier molecular flexibility index (Phi) is 2.31. The van der Waals surface area contributed by atoms with Gasteiger partial charge in [0.2, 0.25) is 0 Å². The van der Waals surface area contributed by atoms with E-state index < -0.39 is 0 Å². The largest absolute Gasteiger partial charge is 0.463 e. The van der Waals surface area contributed by atoms with Gasteiger partial charge in [0.05, 0.1) is 6.26 Å². The molecule has 12 rings (SSSR count). The Hall–Kier alpha value is -4.06. The summed E-state index contributed by atoms with van der Waals surface area (Å²) in [6, 6.07) is 0. The quantitative estimate of drug-likeness (QED) is 0.151. The molecule has 0 atom stereocenters. The van der Waals surface area contributed by atoms with E-state index >= 15 is 0 Å². The number of aryl methyl sites for hydroxylation is 1. The molecule has 0 aliphatic carbocycles. The lowest BCUT2D eigenvalue weighted by Gasteiger charge is -2.22. The maximum atomic E-state index is 6.45. The van der Waals surface area contributed by atoms with E-state index in [1.807, 2.05) is 41.5 Å². The van der Waals surface area contributed by atoms with Crippen LogP contribution in [0.2, 0.25) is 0 Å². The summed E-state index contributed by atoms with van der Waals surface area (Å²) in [5.41, 5.74) is 4.29. The fourth-order valence-electron chi connectivity index (χ4n) is 8.26. The fourth-order valence-corrected chi connectivity index (χ4v) is 10.4. The molecule has 0 saturated heterocycles. The van der Waals surface area contributed by atoms with Crippen LogP contribution in [0.1, 0.15) is 12.5 Å². The molecule has 37 heavy (non-hydrogen) atoms. The molecule has 0 aliphatic heterocycles. The van der Waals surface area contributed by atoms with Crippen molar-refractivity contribution in [1.29, 1.82) is 0 Å². The lowest BCUT2D eigenvalue weighted by atomic mass is 9.78. The van der Waals surface area contributed by atoms with Crippen molar-refractivity contribution in [1.82, 2.24) is 0 Å². The summed E-state index contributed by atoms with van der Waals surface area (Å²) in [7, 11) is 0. The monoisotopic (exact) mass is 508 g/mol. The lowest BCUT2D eigenvalue weighted by molar-refractivity contribution is 0.617. The third-order valence-electron chi connectivity index (χ3n) is 9.52. The van der Waals surface area contributed by atoms with Crippen molar-refractivity contribution in [3.63, 3.8) is 0 Å². The summed E-state index contributed by atoms with van der Waals surface area (Å²) < 4.78 is 21.9. The van der Waals surface area contributed by atoms with Crippen LogP contribution in [-0.2, 0) is 0 Å². The van der Waals surface area contributed by atoms with Gasteiger partial charge in [-0.1, -0.05) is 6.08 Å². The van der Waals surface area contributed by atoms with E-state index in [1.54, 1.807) is 0 Å². The molecule has 0 fully saturated rings. The number of thiophene rings is 2. The van der Waals surface area contributed by atoms with Crippen molar-refractivity contribution in [2.24, 2.45) is 0 Å². The molecular formula is C32H12O3S2. The summed E-state index contributed by atoms with van der Waals surface area (Å²) in [5.74, 6) is 0. The molecule has 0 radical (unpaired) electrons. The fraction of sp³-hybridized carbons (Fsp3) is 0.0625. The minimum absolute atomic E-state index is 0.997. The van der Waals surface area contributed by atoms with Crippen molar-refractivity contribution >= 4 is 146 Å². The molecule has 170 valence electrons. The van der Waals surface area contributed by atoms with E-state index in [0.717, 1.165) is 16.7 Å². The Morgan fingerprint density at radius 3 is 1.57 bits per heavy atom. The van der Waals surface area contributed by atoms with Gasteiger partial charge in [-0.05, 0) is 30.2 Å². The maximum Gasteiger partial charge on any atom is 0.143 e. The van der Waals surface area contributed by atoms with Crippen LogP contribution in [0.3, 0.4) is 0 Å². The second-order valence-corrected chi connectivity index (χ2v) is 12.5. The van der Waals surface area contributed by atoms with Crippen LogP contribution >= 0.6 is 22.7 Å². The summed E-state index contributed by atoms with van der Waals surface area (Å²) in [5, 5.41) is 27.8. The minimum Gasteiger partial charge on any atom is -0.463 e. The lowest BCUT2D eigenvalue weighted by Crippen LogP contribution is -2.07. The highest BCUT2D eigenvalue weighted by Gasteiger charge is 2.34. The summed E-state index contributed by atoms with van der Waals surface area (Å²) >= 11 is 3.63. The van der Waals surface area contributed by atoms with E-state index in [4.69, 9.17) is 13.3 Å². The van der Waals surface area contributed by atoms with Gasteiger partial charge in [0.1, 0.15) is 29.3 Å². The Labute approximate surface area is 213 Å². The van der Waals surface area contributed by atoms with E-state index in [2.05, 4.69) is 30.7 Å². The van der Waals surface area contributed by atoms with Crippen LogP contribution in [0.25, 0.3) is 124 Å². The third kappa shape index (κ3) is 1.40. The first-order chi connectivity index (χ1) is 18.3. The van der Waals surface area contributed by atoms with Gasteiger partial charge in [0.15, 0.2) is 0 Å². The van der Waals surface area contributed by atoms with Gasteiger partial charge < -0.3 is 13.3 Å². The van der Waals surface area contributed by atoms with Crippen LogP contribution in [-0.4, -0.2) is 0 Å². The van der Waals surface area contributed by atoms with Gasteiger partial charge in [-0.15, -0.1) is 22.7 Å². The Balaban J connectivity index is 1.72. The number of benzene rings is 7. The molecule has 0 N–H and O–H groups in total. The summed E-state index contributed by atoms with van der Waals surface area (Å²) in [6.45, 7) is 4.39. The van der Waals surface area contributed by atoms with Crippen LogP contribution in [0.4, 0.5) is 0 Å². The predicted octanol–water partition coefficient (Wildman–Crippen LogP) is 10.3. The highest BCUT2D eigenvalue weighted by molar-refractivity contribution is 7.20. The third-order valence-corrected chi connectivity index (χ3v) is 11.5. The number of hydrogen-bond acceptors (Lipinski definition) is 5. The summed E-state index contributed by atoms with van der Waals surface area (Å²) in [6.07, 6.45) is 8.19. The van der Waals surface area contributed by atoms with Gasteiger partial charge in [0.25, 0.3) is 0 Å². The van der Waals surface area contributed by atoms with Gasteiger partial charge in [-0.2, -0.15) is 0 Å². The molecule has 7 aromatic carbocycles. The highest BCUT2D eigenvalue weighted by atomic mass is 32.1. The highest BCUT2D eigenvalue weighted by Crippen LogP contribution is 2.60. The molecule has 12 aromatic rings. The smallest absolute Gasteiger partial charge is 0.143 e. The van der Waals surface area contributed by atoms with Gasteiger partial charge in [0, 0.05) is 106 Å². The number of fused-ring (bicyclic) bond motifs is 4. The van der Waals surface area contributed by atoms with Crippen molar-refractivity contribution in [2.75, 3.05) is 0 Å². The Morgan fingerprint density at radius 1 is 0.514 bits per heavy atom. The number of furan rings is 3. The normalized spacial score (nSPS) is 14.9. The minimum atomic E-state index is 0.997. The van der Waals surface area contributed by atoms with Crippen molar-refractivity contribution < 1.29 is 13.3 Å². The summed E-state index contributed by atoms with van der Waals surface area (Å²) in [4.78, 5) is 0. The average molecular weight is 509 g/mol. The molecule has 5 heteroatoms. The topological polar surface area (TPSA) is 39.4 Å². The molecule has 0 spiro atoms. The van der Waals surface area contributed by atoms with Crippen molar-refractivity contribution in [3.05, 3.63) is 40.3 Å². The first kappa shape index (κ1) is 17.4. The molecule has 0 unspecified atom stereocenters. The molecule has 3 nitrogen and oxygen atoms in total. The first-order valence-corrected chi connectivity index (χ1v) is 14.3. The van der Waals surface area contributed by atoms with Crippen LogP contribution < -0.4 is 5.22 Å². The molecule has 0 aliphatic rings. The second kappa shape index (κ2) is 4.91. The SMILES string of the molecule is C/C=c1/c2occ3c4scc5c6occ7c8scc9c%10occ%11c(C)c1c1c(c23)c(c54)c(c76)c(c98)c1c%11%10. The molecule has 0 bridgehead atoms. The molecular weight excluding hydrogens is 496 g/mol. The van der Waals surface area contributed by atoms with E-state index in [-0.39, 0.29) is 0 Å². The van der Waals surface area contributed by atoms with Gasteiger partial charge in [-0.3, -0.25) is 0 Å². The zero-order valence-corrected chi connectivity index (χ0v) is 21.1. The molecule has 0 saturated carbocycles. The van der Waals surface area contributed by atoms with Crippen LogP contribution in [0, 0.1) is 6.92 Å². The van der Waals surface area contributed by atoms with Gasteiger partial charge in [-0.25, -0.2) is 0 Å². The first-order valence-electron chi connectivity index (χ1n) is 12.5. The van der Waals surface area contributed by atoms with Crippen LogP contribution in [0.5, 0.6) is 0 Å². The van der Waals surface area contributed by atoms with Crippen LogP contribution in [0.15, 0.2) is 42.8 Å². The standard InChI is InChI=1S/C32H12O3S2/c1-3-10-16-9(2)11-4-33-29-14-7-36-32-13-6-35-30-15-8-37-31-12-5-34-28(10)18(12)24-22(16)23(17(11)29)26(20(14)32)25(19(13)30)27(24)21(15)31/h3-8H,1-2H3/b10-3+. The maximum absolute atomic E-state index is 6.45. The zero-order valence-electron chi connectivity index (χ0n) is 19.5. The molecule has 5 heterocycles.